The predicted octanol–water partition coefficient (Wildman–Crippen LogP) is 1.34. The maximum atomic E-state index is 12.2. The van der Waals surface area contributed by atoms with Gasteiger partial charge in [0.25, 0.3) is 11.8 Å². The number of ether oxygens (including phenoxy) is 3. The van der Waals surface area contributed by atoms with E-state index in [0.29, 0.717) is 11.5 Å². The number of carbonyl (C=O) groups excluding carboxylic acids is 4. The smallest absolute Gasteiger partial charge is 0.308 e. The van der Waals surface area contributed by atoms with Gasteiger partial charge in [-0.05, 0) is 29.6 Å². The number of hydrogen-bond acceptors (Lipinski definition) is 8. The summed E-state index contributed by atoms with van der Waals surface area (Å²) in [6.45, 7) is 0.753. The van der Waals surface area contributed by atoms with Gasteiger partial charge in [0.2, 0.25) is 5.91 Å². The van der Waals surface area contributed by atoms with Crippen molar-refractivity contribution >= 4 is 35.0 Å². The number of hydrogen-bond donors (Lipinski definition) is 3. The molecule has 10 nitrogen and oxygen atoms in total. The molecule has 166 valence electrons. The third-order valence-electron chi connectivity index (χ3n) is 3.96. The minimum atomic E-state index is -0.727. The standard InChI is InChI=1S/C20H23N3O7S/c1-12(24)21-14(17-5-4-8-31-17)10-19(26)30-11-18(25)22-23-20(27)13-6-7-15(28-2)16(9-13)29-3/h4-9,14H,10-11H2,1-3H3,(H,21,24)(H,22,25)(H,23,27). The van der Waals surface area contributed by atoms with E-state index in [0.717, 1.165) is 4.88 Å². The predicted molar refractivity (Wildman–Crippen MR) is 112 cm³/mol. The number of carbonyl (C=O) groups is 4. The molecule has 31 heavy (non-hydrogen) atoms. The molecule has 0 bridgehead atoms. The molecule has 0 spiro atoms. The fraction of sp³-hybridized carbons (Fsp3) is 0.300. The number of methoxy groups -OCH3 is 2. The summed E-state index contributed by atoms with van der Waals surface area (Å²) < 4.78 is 15.2. The van der Waals surface area contributed by atoms with Crippen molar-refractivity contribution in [2.45, 2.75) is 19.4 Å². The van der Waals surface area contributed by atoms with Crippen molar-refractivity contribution in [3.63, 3.8) is 0 Å². The maximum Gasteiger partial charge on any atom is 0.308 e. The number of benzene rings is 1. The van der Waals surface area contributed by atoms with Crippen LogP contribution in [0.5, 0.6) is 11.5 Å². The SMILES string of the molecule is COc1ccc(C(=O)NNC(=O)COC(=O)CC(NC(C)=O)c2cccs2)cc1OC. The van der Waals surface area contributed by atoms with E-state index in [-0.39, 0.29) is 17.9 Å². The second-order valence-corrected chi connectivity index (χ2v) is 7.18. The lowest BCUT2D eigenvalue weighted by molar-refractivity contribution is -0.149. The number of thiophene rings is 1. The first kappa shape index (κ1) is 23.7. The first-order valence-electron chi connectivity index (χ1n) is 9.11. The van der Waals surface area contributed by atoms with Crippen LogP contribution < -0.4 is 25.6 Å². The van der Waals surface area contributed by atoms with Gasteiger partial charge >= 0.3 is 5.97 Å². The van der Waals surface area contributed by atoms with E-state index in [1.54, 1.807) is 18.2 Å². The Hall–Kier alpha value is -3.60. The van der Waals surface area contributed by atoms with Crippen molar-refractivity contribution in [2.24, 2.45) is 0 Å². The molecule has 1 aromatic heterocycles. The van der Waals surface area contributed by atoms with E-state index < -0.39 is 30.4 Å². The van der Waals surface area contributed by atoms with Crippen molar-refractivity contribution in [1.29, 1.82) is 0 Å². The molecule has 1 aromatic carbocycles. The normalized spacial score (nSPS) is 11.1. The molecule has 0 radical (unpaired) electrons. The topological polar surface area (TPSA) is 132 Å². The molecule has 3 N–H and O–H groups in total. The summed E-state index contributed by atoms with van der Waals surface area (Å²) in [4.78, 5) is 48.3. The molecule has 2 rings (SSSR count). The molecular weight excluding hydrogens is 426 g/mol. The second kappa shape index (κ2) is 11.6. The molecule has 0 aliphatic rings. The van der Waals surface area contributed by atoms with E-state index in [1.165, 1.54) is 44.6 Å². The Labute approximate surface area is 182 Å². The van der Waals surface area contributed by atoms with Crippen molar-refractivity contribution in [3.05, 3.63) is 46.2 Å². The van der Waals surface area contributed by atoms with Gasteiger partial charge in [-0.3, -0.25) is 30.0 Å². The fourth-order valence-corrected chi connectivity index (χ4v) is 3.32. The quantitative estimate of drug-likeness (QED) is 0.389. The van der Waals surface area contributed by atoms with Crippen LogP contribution in [0.4, 0.5) is 0 Å². The van der Waals surface area contributed by atoms with Crippen molar-refractivity contribution in [1.82, 2.24) is 16.2 Å². The summed E-state index contributed by atoms with van der Waals surface area (Å²) in [6, 6.07) is 7.54. The lowest BCUT2D eigenvalue weighted by Crippen LogP contribution is -2.43. The summed E-state index contributed by atoms with van der Waals surface area (Å²) in [7, 11) is 2.91. The van der Waals surface area contributed by atoms with E-state index in [4.69, 9.17) is 14.2 Å². The van der Waals surface area contributed by atoms with Crippen LogP contribution in [-0.2, 0) is 19.1 Å². The molecule has 1 unspecified atom stereocenters. The van der Waals surface area contributed by atoms with Crippen LogP contribution in [0.3, 0.4) is 0 Å². The van der Waals surface area contributed by atoms with Gasteiger partial charge in [-0.2, -0.15) is 0 Å². The number of hydrazine groups is 1. The zero-order valence-electron chi connectivity index (χ0n) is 17.2. The van der Waals surface area contributed by atoms with Crippen molar-refractivity contribution < 1.29 is 33.4 Å². The first-order chi connectivity index (χ1) is 14.8. The molecule has 0 saturated carbocycles. The number of rotatable bonds is 9. The molecule has 1 atom stereocenters. The maximum absolute atomic E-state index is 12.2. The van der Waals surface area contributed by atoms with Gasteiger partial charge in [0.1, 0.15) is 0 Å². The summed E-state index contributed by atoms with van der Waals surface area (Å²) in [5.41, 5.74) is 4.60. The Kier molecular flexibility index (Phi) is 8.82. The molecule has 11 heteroatoms. The summed E-state index contributed by atoms with van der Waals surface area (Å²) in [5, 5.41) is 4.49. The van der Waals surface area contributed by atoms with E-state index >= 15 is 0 Å². The van der Waals surface area contributed by atoms with Crippen LogP contribution in [0.15, 0.2) is 35.7 Å². The van der Waals surface area contributed by atoms with Crippen molar-refractivity contribution in [3.8, 4) is 11.5 Å². The Morgan fingerprint density at radius 3 is 2.39 bits per heavy atom. The highest BCUT2D eigenvalue weighted by atomic mass is 32.1. The number of esters is 1. The van der Waals surface area contributed by atoms with Crippen LogP contribution in [0.2, 0.25) is 0 Å². The zero-order chi connectivity index (χ0) is 22.8. The lowest BCUT2D eigenvalue weighted by atomic mass is 10.1. The van der Waals surface area contributed by atoms with Gasteiger partial charge in [-0.25, -0.2) is 0 Å². The van der Waals surface area contributed by atoms with E-state index in [2.05, 4.69) is 16.2 Å². The van der Waals surface area contributed by atoms with E-state index in [1.807, 2.05) is 5.38 Å². The van der Waals surface area contributed by atoms with Gasteiger partial charge in [0, 0.05) is 17.4 Å². The summed E-state index contributed by atoms with van der Waals surface area (Å²) in [5.74, 6) is -1.47. The number of amides is 3. The third kappa shape index (κ3) is 7.30. The van der Waals surface area contributed by atoms with Crippen LogP contribution in [-0.4, -0.2) is 44.5 Å². The van der Waals surface area contributed by atoms with Crippen molar-refractivity contribution in [2.75, 3.05) is 20.8 Å². The number of nitrogens with one attached hydrogen (secondary N) is 3. The molecule has 0 saturated heterocycles. The van der Waals surface area contributed by atoms with Crippen LogP contribution >= 0.6 is 11.3 Å². The Bertz CT molecular complexity index is 931. The van der Waals surface area contributed by atoms with Gasteiger partial charge in [0.05, 0.1) is 26.7 Å². The minimum absolute atomic E-state index is 0.134. The highest BCUT2D eigenvalue weighted by Gasteiger charge is 2.20. The Morgan fingerprint density at radius 1 is 1.03 bits per heavy atom. The third-order valence-corrected chi connectivity index (χ3v) is 4.95. The monoisotopic (exact) mass is 449 g/mol. The fourth-order valence-electron chi connectivity index (χ4n) is 2.54. The molecule has 2 aromatic rings. The Balaban J connectivity index is 1.81. The minimum Gasteiger partial charge on any atom is -0.493 e. The largest absolute Gasteiger partial charge is 0.493 e. The zero-order valence-corrected chi connectivity index (χ0v) is 18.0. The molecule has 0 fully saturated rings. The van der Waals surface area contributed by atoms with Gasteiger partial charge in [-0.15, -0.1) is 11.3 Å². The second-order valence-electron chi connectivity index (χ2n) is 6.21. The van der Waals surface area contributed by atoms with Crippen LogP contribution in [0.1, 0.15) is 34.6 Å². The average Bonchev–Trinajstić information content (AvgIpc) is 3.29. The van der Waals surface area contributed by atoms with Gasteiger partial charge < -0.3 is 19.5 Å². The average molecular weight is 449 g/mol. The summed E-state index contributed by atoms with van der Waals surface area (Å²) >= 11 is 1.39. The van der Waals surface area contributed by atoms with Gasteiger partial charge in [-0.1, -0.05) is 6.07 Å². The molecular formula is C20H23N3O7S. The van der Waals surface area contributed by atoms with Crippen LogP contribution in [0.25, 0.3) is 0 Å². The highest BCUT2D eigenvalue weighted by molar-refractivity contribution is 7.10. The summed E-state index contributed by atoms with van der Waals surface area (Å²) in [6.07, 6.45) is -0.134. The lowest BCUT2D eigenvalue weighted by Gasteiger charge is -2.15. The van der Waals surface area contributed by atoms with Gasteiger partial charge in [0.15, 0.2) is 18.1 Å². The highest BCUT2D eigenvalue weighted by Crippen LogP contribution is 2.27. The first-order valence-corrected chi connectivity index (χ1v) is 9.99. The van der Waals surface area contributed by atoms with E-state index in [9.17, 15) is 19.2 Å². The molecule has 3 amide bonds. The Morgan fingerprint density at radius 2 is 1.77 bits per heavy atom. The molecule has 0 aliphatic carbocycles. The molecule has 1 heterocycles. The molecule has 0 aliphatic heterocycles. The van der Waals surface area contributed by atoms with Crippen LogP contribution in [0, 0.1) is 0 Å².